The number of rotatable bonds is 46. The summed E-state index contributed by atoms with van der Waals surface area (Å²) in [6, 6.07) is 0. The average molecular weight is 843 g/mol. The molecular weight excluding hydrogens is 746 g/mol. The van der Waals surface area contributed by atoms with E-state index in [0.29, 0.717) is 24.1 Å². The van der Waals surface area contributed by atoms with Crippen molar-refractivity contribution >= 4 is 13.8 Å². The van der Waals surface area contributed by atoms with Crippen LogP contribution in [-0.2, 0) is 27.9 Å². The van der Waals surface area contributed by atoms with Gasteiger partial charge in [0.15, 0.2) is 0 Å². The molecule has 0 radical (unpaired) electrons. The molecule has 0 aromatic carbocycles. The second kappa shape index (κ2) is 42.7. The summed E-state index contributed by atoms with van der Waals surface area (Å²) in [7, 11) is 1.67. The third-order valence-corrected chi connectivity index (χ3v) is 11.7. The van der Waals surface area contributed by atoms with Crippen LogP contribution in [0.5, 0.6) is 0 Å². The fourth-order valence-corrected chi connectivity index (χ4v) is 7.68. The van der Waals surface area contributed by atoms with Crippen molar-refractivity contribution in [2.45, 2.75) is 232 Å². The molecule has 0 rings (SSSR count). The Kier molecular flexibility index (Phi) is 41.9. The Labute approximate surface area is 360 Å². The summed E-state index contributed by atoms with van der Waals surface area (Å²) in [5, 5.41) is 0. The van der Waals surface area contributed by atoms with E-state index in [9.17, 15) is 14.3 Å². The van der Waals surface area contributed by atoms with Gasteiger partial charge in [-0.15, -0.1) is 0 Å². The fourth-order valence-electron chi connectivity index (χ4n) is 6.94. The third-order valence-electron chi connectivity index (χ3n) is 10.8. The second-order valence-electron chi connectivity index (χ2n) is 17.9. The number of quaternary nitrogens is 1. The molecule has 58 heavy (non-hydrogen) atoms. The van der Waals surface area contributed by atoms with Crippen molar-refractivity contribution < 1.29 is 37.3 Å². The lowest BCUT2D eigenvalue weighted by atomic mass is 10.0. The van der Waals surface area contributed by atoms with Gasteiger partial charge in [0, 0.05) is 13.0 Å². The lowest BCUT2D eigenvalue weighted by molar-refractivity contribution is -0.870. The minimum Gasteiger partial charge on any atom is -0.457 e. The smallest absolute Gasteiger partial charge is 0.457 e. The quantitative estimate of drug-likeness (QED) is 0.0215. The Morgan fingerprint density at radius 1 is 0.534 bits per heavy atom. The van der Waals surface area contributed by atoms with Crippen molar-refractivity contribution in [2.75, 3.05) is 54.1 Å². The maximum Gasteiger partial charge on any atom is 0.472 e. The molecule has 0 heterocycles. The number of allylic oxidation sites excluding steroid dienone is 4. The van der Waals surface area contributed by atoms with E-state index in [1.165, 1.54) is 148 Å². The predicted molar refractivity (Wildman–Crippen MR) is 247 cm³/mol. The van der Waals surface area contributed by atoms with Crippen molar-refractivity contribution in [1.82, 2.24) is 0 Å². The van der Waals surface area contributed by atoms with Crippen LogP contribution in [0, 0.1) is 0 Å². The van der Waals surface area contributed by atoms with E-state index in [2.05, 4.69) is 38.2 Å². The molecule has 0 aromatic rings. The van der Waals surface area contributed by atoms with Gasteiger partial charge in [0.25, 0.3) is 0 Å². The van der Waals surface area contributed by atoms with Crippen molar-refractivity contribution in [3.05, 3.63) is 24.3 Å². The number of carbonyl (C=O) groups excluding carboxylic acids is 1. The Balaban J connectivity index is 4.15. The molecule has 0 aliphatic rings. The molecule has 0 saturated heterocycles. The highest BCUT2D eigenvalue weighted by Gasteiger charge is 2.26. The topological polar surface area (TPSA) is 91.3 Å². The monoisotopic (exact) mass is 843 g/mol. The molecule has 0 bridgehead atoms. The van der Waals surface area contributed by atoms with E-state index in [-0.39, 0.29) is 25.8 Å². The number of phosphoric acid groups is 1. The highest BCUT2D eigenvalue weighted by molar-refractivity contribution is 7.47. The Bertz CT molecular complexity index is 983. The van der Waals surface area contributed by atoms with Gasteiger partial charge in [0.1, 0.15) is 19.3 Å². The molecule has 344 valence electrons. The van der Waals surface area contributed by atoms with E-state index in [4.69, 9.17) is 18.5 Å². The highest BCUT2D eigenvalue weighted by Crippen LogP contribution is 2.43. The van der Waals surface area contributed by atoms with Crippen LogP contribution in [0.3, 0.4) is 0 Å². The van der Waals surface area contributed by atoms with E-state index in [0.717, 1.165) is 57.8 Å². The van der Waals surface area contributed by atoms with E-state index in [1.54, 1.807) is 0 Å². The van der Waals surface area contributed by atoms with Crippen molar-refractivity contribution in [3.8, 4) is 0 Å². The highest BCUT2D eigenvalue weighted by atomic mass is 31.2. The summed E-state index contributed by atoms with van der Waals surface area (Å²) in [4.78, 5) is 22.9. The van der Waals surface area contributed by atoms with Gasteiger partial charge < -0.3 is 18.9 Å². The zero-order valence-corrected chi connectivity index (χ0v) is 39.9. The van der Waals surface area contributed by atoms with E-state index >= 15 is 0 Å². The Morgan fingerprint density at radius 3 is 1.41 bits per heavy atom. The van der Waals surface area contributed by atoms with E-state index < -0.39 is 13.9 Å². The molecule has 0 aliphatic heterocycles. The van der Waals surface area contributed by atoms with Crippen LogP contribution in [0.4, 0.5) is 0 Å². The van der Waals surface area contributed by atoms with Crippen LogP contribution >= 0.6 is 7.82 Å². The molecule has 0 aliphatic carbocycles. The number of carbonyl (C=O) groups is 1. The molecule has 2 atom stereocenters. The van der Waals surface area contributed by atoms with Crippen LogP contribution in [0.2, 0.25) is 0 Å². The molecule has 0 spiro atoms. The number of unbranched alkanes of at least 4 members (excludes halogenated alkanes) is 28. The molecule has 0 aromatic heterocycles. The van der Waals surface area contributed by atoms with Gasteiger partial charge in [-0.05, 0) is 44.9 Å². The van der Waals surface area contributed by atoms with Crippen LogP contribution < -0.4 is 0 Å². The lowest BCUT2D eigenvalue weighted by Crippen LogP contribution is -2.37. The first-order valence-corrected chi connectivity index (χ1v) is 26.1. The van der Waals surface area contributed by atoms with Gasteiger partial charge in [-0.2, -0.15) is 0 Å². The molecule has 9 heteroatoms. The maximum absolute atomic E-state index is 12.7. The molecule has 0 fully saturated rings. The Morgan fingerprint density at radius 2 is 0.948 bits per heavy atom. The summed E-state index contributed by atoms with van der Waals surface area (Å²) in [5.41, 5.74) is 0. The number of hydrogen-bond donors (Lipinski definition) is 1. The third kappa shape index (κ3) is 46.1. The summed E-state index contributed by atoms with van der Waals surface area (Å²) in [5.74, 6) is -0.323. The van der Waals surface area contributed by atoms with Crippen LogP contribution in [-0.4, -0.2) is 75.6 Å². The first-order valence-electron chi connectivity index (χ1n) is 24.6. The van der Waals surface area contributed by atoms with Gasteiger partial charge >= 0.3 is 13.8 Å². The summed E-state index contributed by atoms with van der Waals surface area (Å²) in [6.07, 6.45) is 49.3. The SMILES string of the molecule is CCCCCC/C=C\C/C=C\CCCCCCCC(=O)OC(COCCCCCCCCCCCCCCCCCCCCCC)COP(=O)(O)OCC[N+](C)(C)C. The van der Waals surface area contributed by atoms with Gasteiger partial charge in [0.2, 0.25) is 0 Å². The minimum absolute atomic E-state index is 0.0879. The standard InChI is InChI=1S/C49H96NO7P/c1-6-8-10-12-14-16-18-20-22-24-25-26-27-29-31-33-35-37-39-41-44-54-46-48(47-56-58(52,53)55-45-43-50(3,4)5)57-49(51)42-40-38-36-34-32-30-28-23-21-19-17-15-13-11-9-7-2/h17,19,23,28,48H,6-16,18,20-22,24-27,29-47H2,1-5H3/p+1/b19-17-,28-23-. The first kappa shape index (κ1) is 57.0. The van der Waals surface area contributed by atoms with Crippen molar-refractivity contribution in [3.63, 3.8) is 0 Å². The number of nitrogens with zero attached hydrogens (tertiary/aromatic N) is 1. The molecule has 8 nitrogen and oxygen atoms in total. The van der Waals surface area contributed by atoms with Crippen LogP contribution in [0.25, 0.3) is 0 Å². The fraction of sp³-hybridized carbons (Fsp3) is 0.898. The molecule has 0 saturated carbocycles. The molecule has 2 unspecified atom stereocenters. The summed E-state index contributed by atoms with van der Waals surface area (Å²) >= 11 is 0. The summed E-state index contributed by atoms with van der Waals surface area (Å²) in [6.45, 7) is 5.63. The first-order chi connectivity index (χ1) is 28.1. The number of ether oxygens (including phenoxy) is 2. The number of esters is 1. The van der Waals surface area contributed by atoms with Gasteiger partial charge in [-0.3, -0.25) is 13.8 Å². The zero-order valence-electron chi connectivity index (χ0n) is 39.0. The predicted octanol–water partition coefficient (Wildman–Crippen LogP) is 14.8. The minimum atomic E-state index is -4.28. The Hall–Kier alpha value is -1.02. The largest absolute Gasteiger partial charge is 0.472 e. The van der Waals surface area contributed by atoms with Crippen molar-refractivity contribution in [2.24, 2.45) is 0 Å². The lowest BCUT2D eigenvalue weighted by Gasteiger charge is -2.24. The van der Waals surface area contributed by atoms with Crippen LogP contribution in [0.1, 0.15) is 226 Å². The van der Waals surface area contributed by atoms with Crippen molar-refractivity contribution in [1.29, 1.82) is 0 Å². The van der Waals surface area contributed by atoms with Gasteiger partial charge in [-0.25, -0.2) is 4.57 Å². The zero-order chi connectivity index (χ0) is 42.7. The number of hydrogen-bond acceptors (Lipinski definition) is 6. The molecule has 0 amide bonds. The number of phosphoric ester groups is 1. The summed E-state index contributed by atoms with van der Waals surface area (Å²) < 4.78 is 35.1. The maximum atomic E-state index is 12.7. The normalized spacial score (nSPS) is 13.8. The molecule has 1 N–H and O–H groups in total. The number of likely N-dealkylation sites (N-methyl/N-ethyl adjacent to an activating group) is 1. The average Bonchev–Trinajstić information content (AvgIpc) is 3.18. The molecular formula is C49H97NO7P+. The van der Waals surface area contributed by atoms with Gasteiger partial charge in [-0.1, -0.05) is 199 Å². The van der Waals surface area contributed by atoms with Crippen LogP contribution in [0.15, 0.2) is 24.3 Å². The van der Waals surface area contributed by atoms with E-state index in [1.807, 2.05) is 21.1 Å². The second-order valence-corrected chi connectivity index (χ2v) is 19.3. The van der Waals surface area contributed by atoms with Gasteiger partial charge in [0.05, 0.1) is 34.4 Å².